The van der Waals surface area contributed by atoms with Crippen molar-refractivity contribution in [1.82, 2.24) is 55.1 Å². The van der Waals surface area contributed by atoms with Gasteiger partial charge in [-0.05, 0) is 107 Å². The Morgan fingerprint density at radius 3 is 1.85 bits per heavy atom. The second-order valence-electron chi connectivity index (χ2n) is 26.7. The van der Waals surface area contributed by atoms with Crippen LogP contribution in [0.25, 0.3) is 0 Å². The molecule has 508 valence electrons. The van der Waals surface area contributed by atoms with Crippen LogP contribution in [-0.4, -0.2) is 228 Å². The number of nitrogens with zero attached hydrogens (tertiary/aromatic N) is 8. The van der Waals surface area contributed by atoms with Gasteiger partial charge in [-0.2, -0.15) is 13.2 Å². The lowest BCUT2D eigenvalue weighted by atomic mass is 9.81. The Kier molecular flexibility index (Phi) is 26.1. The van der Waals surface area contributed by atoms with E-state index in [-0.39, 0.29) is 63.3 Å². The molecule has 26 heteroatoms. The van der Waals surface area contributed by atoms with Gasteiger partial charge in [-0.3, -0.25) is 52.7 Å². The lowest BCUT2D eigenvalue weighted by Gasteiger charge is -2.43. The van der Waals surface area contributed by atoms with Gasteiger partial charge in [0, 0.05) is 68.3 Å². The van der Waals surface area contributed by atoms with Crippen molar-refractivity contribution in [2.75, 3.05) is 75.5 Å². The van der Waals surface area contributed by atoms with Crippen molar-refractivity contribution in [2.45, 2.75) is 217 Å². The van der Waals surface area contributed by atoms with Crippen molar-refractivity contribution in [3.8, 4) is 0 Å². The summed E-state index contributed by atoms with van der Waals surface area (Å²) in [4.78, 5) is 170. The molecule has 1 unspecified atom stereocenters. The number of nitrogens with one attached hydrogen (secondary N) is 3. The van der Waals surface area contributed by atoms with E-state index in [1.807, 2.05) is 6.92 Å². The molecule has 8 atom stereocenters. The van der Waals surface area contributed by atoms with Crippen molar-refractivity contribution < 1.29 is 65.9 Å². The van der Waals surface area contributed by atoms with Gasteiger partial charge in [-0.1, -0.05) is 102 Å². The van der Waals surface area contributed by atoms with Gasteiger partial charge in [0.15, 0.2) is 0 Å². The predicted molar refractivity (Wildman–Crippen MR) is 335 cm³/mol. The van der Waals surface area contributed by atoms with E-state index in [0.29, 0.717) is 44.1 Å². The van der Waals surface area contributed by atoms with Gasteiger partial charge < -0.3 is 55.1 Å². The molecule has 1 aromatic carbocycles. The molecule has 0 bridgehead atoms. The lowest BCUT2D eigenvalue weighted by Crippen LogP contribution is -2.65. The number of aryl methyl sites for hydroxylation is 1. The van der Waals surface area contributed by atoms with Crippen LogP contribution in [-0.2, 0) is 65.3 Å². The molecule has 2 heterocycles. The van der Waals surface area contributed by atoms with Crippen molar-refractivity contribution in [3.63, 3.8) is 0 Å². The first-order valence-corrected chi connectivity index (χ1v) is 33.1. The second-order valence-corrected chi connectivity index (χ2v) is 27.1. The zero-order valence-electron chi connectivity index (χ0n) is 55.3. The van der Waals surface area contributed by atoms with Gasteiger partial charge in [0.25, 0.3) is 0 Å². The minimum Gasteiger partial charge on any atom is -0.343 e. The van der Waals surface area contributed by atoms with Gasteiger partial charge in [-0.15, -0.1) is 0 Å². The van der Waals surface area contributed by atoms with Crippen LogP contribution in [0, 0.1) is 17.8 Å². The molecule has 5 fully saturated rings. The highest BCUT2D eigenvalue weighted by molar-refractivity contribution is 6.31. The zero-order valence-corrected chi connectivity index (χ0v) is 56.0. The smallest absolute Gasteiger partial charge is 0.343 e. The molecule has 2 saturated heterocycles. The molecule has 0 aromatic heterocycles. The fraction of sp³-hybridized carbons (Fsp3) is 0.738. The summed E-state index contributed by atoms with van der Waals surface area (Å²) in [6.45, 7) is 5.29. The number of carbonyl (C=O) groups excluding carboxylic acids is 11. The third-order valence-corrected chi connectivity index (χ3v) is 20.5. The summed E-state index contributed by atoms with van der Waals surface area (Å²) in [6, 6.07) is -4.39. The highest BCUT2D eigenvalue weighted by Gasteiger charge is 2.51. The number of amides is 11. The molecule has 1 aromatic rings. The van der Waals surface area contributed by atoms with E-state index in [9.17, 15) is 51.5 Å². The van der Waals surface area contributed by atoms with E-state index >= 15 is 14.4 Å². The first-order chi connectivity index (χ1) is 42.8. The third kappa shape index (κ3) is 18.4. The van der Waals surface area contributed by atoms with Gasteiger partial charge in [0.05, 0.1) is 30.2 Å². The Morgan fingerprint density at radius 2 is 1.24 bits per heavy atom. The van der Waals surface area contributed by atoms with Crippen LogP contribution in [0.1, 0.15) is 167 Å². The highest BCUT2D eigenvalue weighted by Crippen LogP contribution is 2.38. The minimum absolute atomic E-state index is 0.0372. The number of hydrogen-bond acceptors (Lipinski definition) is 11. The average Bonchev–Trinajstić information content (AvgIpc) is 1.80. The molecular weight excluding hydrogens is 1200 g/mol. The molecule has 3 saturated carbocycles. The molecule has 3 N–H and O–H groups in total. The maximum absolute atomic E-state index is 15.4. The fourth-order valence-corrected chi connectivity index (χ4v) is 14.1. The van der Waals surface area contributed by atoms with E-state index in [0.717, 1.165) is 78.2 Å². The number of alkyl halides is 3. The largest absolute Gasteiger partial charge is 0.417 e. The Labute approximate surface area is 539 Å². The Balaban J connectivity index is 1.37. The monoisotopic (exact) mass is 1300 g/mol. The standard InChI is InChI=1S/C65H99ClF3N11O11/c1-12-40(2)55-61(89)75(7)38-53(83)73(5)39-54(84)78(10)50(36-43-22-15-13-16-23-43)60(88)74(6)37-51(81)70-48(30-28-44-27-29-46(47(66)35-44)65(67,68)69)59(87)80-33-21-26-49(80)58(86)72-64(31-19-20-32-64)63(91)79(11)56(45-24-17-14-18-25-45)62(90)76(8)41(3)34-52(82)77(9)42(4)57(85)71-55/h27,29,35,40-43,45,48-50,55-56H,12-26,28,30-34,36-39H2,1-11H3,(H,70,81)(H,71,85)(H,72,86)/t40-,41+,42-,48-,49?,50-,55-,56-/m0/s1. The summed E-state index contributed by atoms with van der Waals surface area (Å²) in [6.07, 6.45) is 5.89. The number of carbonyl (C=O) groups is 11. The molecule has 0 radical (unpaired) electrons. The fourth-order valence-electron chi connectivity index (χ4n) is 13.8. The molecule has 2 aliphatic heterocycles. The highest BCUT2D eigenvalue weighted by atomic mass is 35.5. The summed E-state index contributed by atoms with van der Waals surface area (Å²) < 4.78 is 41.4. The number of fused-ring (bicyclic) bond motifs is 1. The molecule has 91 heavy (non-hydrogen) atoms. The summed E-state index contributed by atoms with van der Waals surface area (Å²) >= 11 is 6.13. The van der Waals surface area contributed by atoms with Crippen LogP contribution in [0.2, 0.25) is 5.02 Å². The van der Waals surface area contributed by atoms with Gasteiger partial charge in [0.1, 0.15) is 41.8 Å². The molecule has 22 nitrogen and oxygen atoms in total. The summed E-state index contributed by atoms with van der Waals surface area (Å²) in [5.41, 5.74) is -2.22. The van der Waals surface area contributed by atoms with Crippen molar-refractivity contribution in [1.29, 1.82) is 0 Å². The second kappa shape index (κ2) is 32.4. The van der Waals surface area contributed by atoms with E-state index in [4.69, 9.17) is 11.6 Å². The van der Waals surface area contributed by atoms with Crippen LogP contribution >= 0.6 is 11.6 Å². The van der Waals surface area contributed by atoms with Crippen LogP contribution in [0.15, 0.2) is 18.2 Å². The van der Waals surface area contributed by atoms with Gasteiger partial charge >= 0.3 is 6.18 Å². The number of likely N-dealkylation sites (N-methyl/N-ethyl adjacent to an activating group) is 7. The third-order valence-electron chi connectivity index (χ3n) is 20.2. The molecular formula is C65H99ClF3N11O11. The first-order valence-electron chi connectivity index (χ1n) is 32.7. The number of halogens is 4. The van der Waals surface area contributed by atoms with Gasteiger partial charge in [0.2, 0.25) is 65.0 Å². The topological polar surface area (TPSA) is 250 Å². The molecule has 11 amide bonds. The molecule has 3 aliphatic carbocycles. The number of benzene rings is 1. The van der Waals surface area contributed by atoms with Crippen LogP contribution in [0.5, 0.6) is 0 Å². The number of hydrogen-bond donors (Lipinski definition) is 3. The predicted octanol–water partition coefficient (Wildman–Crippen LogP) is 5.40. The maximum Gasteiger partial charge on any atom is 0.417 e. The lowest BCUT2D eigenvalue weighted by molar-refractivity contribution is -0.153. The van der Waals surface area contributed by atoms with E-state index in [1.54, 1.807) is 27.9 Å². The summed E-state index contributed by atoms with van der Waals surface area (Å²) in [5, 5.41) is 8.08. The van der Waals surface area contributed by atoms with Crippen LogP contribution in [0.3, 0.4) is 0 Å². The maximum atomic E-state index is 15.4. The Morgan fingerprint density at radius 1 is 0.637 bits per heavy atom. The Bertz CT molecular complexity index is 2810. The van der Waals surface area contributed by atoms with Gasteiger partial charge in [-0.25, -0.2) is 0 Å². The zero-order chi connectivity index (χ0) is 67.4. The van der Waals surface area contributed by atoms with E-state index < -0.39 is 155 Å². The summed E-state index contributed by atoms with van der Waals surface area (Å²) in [7, 11) is 10.2. The van der Waals surface area contributed by atoms with Crippen molar-refractivity contribution in [2.24, 2.45) is 17.8 Å². The van der Waals surface area contributed by atoms with Crippen molar-refractivity contribution in [3.05, 3.63) is 34.3 Å². The SMILES string of the molecule is CC[C@H](C)[C@@H]1NC(=O)[C@H](C)N(C)C(=O)C[C@@H](C)N(C)C(=O)[C@H](C2CCCCC2)N(C)C(=O)C2(CCCC2)NC(=O)C2CCCN2C(=O)[C@H](CCc2ccc(C(F)(F)F)c(Cl)c2)NC(=O)CN(C)C(=O)[C@H](CC2CCCCC2)N(C)C(=O)CN(C)C(=O)CN(C)C1=O. The van der Waals surface area contributed by atoms with E-state index in [1.165, 1.54) is 72.7 Å². The molecule has 5 aliphatic rings. The summed E-state index contributed by atoms with van der Waals surface area (Å²) in [5.74, 6) is -7.23. The quantitative estimate of drug-likeness (QED) is 0.297. The molecule has 1 spiro atoms. The van der Waals surface area contributed by atoms with Crippen LogP contribution in [0.4, 0.5) is 13.2 Å². The molecule has 6 rings (SSSR count). The normalized spacial score (nSPS) is 27.4. The number of rotatable bonds is 8. The minimum atomic E-state index is -4.74. The van der Waals surface area contributed by atoms with Crippen molar-refractivity contribution >= 4 is 76.6 Å². The average molecular weight is 1300 g/mol. The van der Waals surface area contributed by atoms with Crippen LogP contribution < -0.4 is 16.0 Å². The van der Waals surface area contributed by atoms with E-state index in [2.05, 4.69) is 16.0 Å². The Hall–Kier alpha value is -6.53. The first kappa shape index (κ1) is 73.5.